The minimum atomic E-state index is 0. The van der Waals surface area contributed by atoms with E-state index in [-0.39, 0.29) is 12.4 Å². The molecule has 0 saturated heterocycles. The van der Waals surface area contributed by atoms with Gasteiger partial charge in [0.15, 0.2) is 0 Å². The van der Waals surface area contributed by atoms with Gasteiger partial charge in [0.25, 0.3) is 0 Å². The summed E-state index contributed by atoms with van der Waals surface area (Å²) in [6.45, 7) is 2.09. The highest BCUT2D eigenvalue weighted by Crippen LogP contribution is 2.29. The predicted molar refractivity (Wildman–Crippen MR) is 80.4 cm³/mol. The van der Waals surface area contributed by atoms with Crippen molar-refractivity contribution in [1.82, 2.24) is 9.55 Å². The van der Waals surface area contributed by atoms with E-state index in [9.17, 15) is 0 Å². The summed E-state index contributed by atoms with van der Waals surface area (Å²) in [5.41, 5.74) is 2.15. The predicted octanol–water partition coefficient (Wildman–Crippen LogP) is 5.02. The average Bonchev–Trinajstić information content (AvgIpc) is 2.79. The smallest absolute Gasteiger partial charge is 0.0986 e. The van der Waals surface area contributed by atoms with Crippen molar-refractivity contribution >= 4 is 47.4 Å². The molecule has 0 fully saturated rings. The minimum absolute atomic E-state index is 0. The summed E-state index contributed by atoms with van der Waals surface area (Å²) in [7, 11) is 0. The van der Waals surface area contributed by atoms with Crippen LogP contribution in [0, 0.1) is 0 Å². The summed E-state index contributed by atoms with van der Waals surface area (Å²) >= 11 is 12.1. The van der Waals surface area contributed by atoms with Crippen LogP contribution in [0.25, 0.3) is 11.8 Å². The van der Waals surface area contributed by atoms with E-state index in [1.165, 1.54) is 0 Å². The van der Waals surface area contributed by atoms with Crippen molar-refractivity contribution in [2.24, 2.45) is 0 Å². The third kappa shape index (κ3) is 3.52. The lowest BCUT2D eigenvalue weighted by Crippen LogP contribution is -1.89. The fraction of sp³-hybridized carbons (Fsp3) is 0.154. The molecule has 0 amide bonds. The van der Waals surface area contributed by atoms with Crippen LogP contribution in [0.3, 0.4) is 0 Å². The lowest BCUT2D eigenvalue weighted by atomic mass is 10.0. The van der Waals surface area contributed by atoms with Crippen molar-refractivity contribution in [3.63, 3.8) is 0 Å². The lowest BCUT2D eigenvalue weighted by molar-refractivity contribution is 1.12. The first-order valence-corrected chi connectivity index (χ1v) is 6.10. The third-order valence-corrected chi connectivity index (χ3v) is 3.04. The van der Waals surface area contributed by atoms with Gasteiger partial charge in [-0.05, 0) is 29.7 Å². The monoisotopic (exact) mass is 302 g/mol. The number of imidazole rings is 1. The van der Waals surface area contributed by atoms with E-state index < -0.39 is 0 Å². The molecule has 0 aliphatic carbocycles. The van der Waals surface area contributed by atoms with Crippen LogP contribution in [0.4, 0.5) is 0 Å². The largest absolute Gasteiger partial charge is 0.313 e. The second-order valence-corrected chi connectivity index (χ2v) is 4.49. The second-order valence-electron chi connectivity index (χ2n) is 3.64. The Balaban J connectivity index is 0.00000162. The molecule has 2 aromatic rings. The maximum atomic E-state index is 6.19. The highest BCUT2D eigenvalue weighted by molar-refractivity contribution is 6.35. The molecule has 96 valence electrons. The van der Waals surface area contributed by atoms with Crippen molar-refractivity contribution in [1.29, 1.82) is 0 Å². The molecule has 1 heterocycles. The van der Waals surface area contributed by atoms with Gasteiger partial charge in [0, 0.05) is 28.6 Å². The van der Waals surface area contributed by atoms with E-state index in [2.05, 4.69) is 11.9 Å². The van der Waals surface area contributed by atoms with Gasteiger partial charge in [0.2, 0.25) is 0 Å². The second kappa shape index (κ2) is 6.83. The van der Waals surface area contributed by atoms with E-state index in [4.69, 9.17) is 23.2 Å². The summed E-state index contributed by atoms with van der Waals surface area (Å²) < 4.78 is 1.91. The van der Waals surface area contributed by atoms with Crippen LogP contribution in [0.1, 0.15) is 18.9 Å². The topological polar surface area (TPSA) is 17.8 Å². The lowest BCUT2D eigenvalue weighted by Gasteiger charge is -2.08. The zero-order valence-electron chi connectivity index (χ0n) is 9.81. The Morgan fingerprint density at radius 2 is 2.17 bits per heavy atom. The van der Waals surface area contributed by atoms with Crippen LogP contribution in [0.5, 0.6) is 0 Å². The molecule has 0 saturated carbocycles. The molecule has 1 aromatic heterocycles. The maximum Gasteiger partial charge on any atom is 0.0986 e. The number of aromatic nitrogens is 2. The highest BCUT2D eigenvalue weighted by atomic mass is 35.5. The van der Waals surface area contributed by atoms with Gasteiger partial charge in [-0.25, -0.2) is 4.98 Å². The Morgan fingerprint density at radius 3 is 2.72 bits per heavy atom. The minimum Gasteiger partial charge on any atom is -0.313 e. The number of hydrogen-bond acceptors (Lipinski definition) is 1. The van der Waals surface area contributed by atoms with Gasteiger partial charge < -0.3 is 4.57 Å². The van der Waals surface area contributed by atoms with Gasteiger partial charge in [-0.1, -0.05) is 36.2 Å². The molecule has 0 spiro atoms. The molecule has 2 nitrogen and oxygen atoms in total. The van der Waals surface area contributed by atoms with Gasteiger partial charge in [-0.3, -0.25) is 0 Å². The van der Waals surface area contributed by atoms with E-state index >= 15 is 0 Å². The zero-order chi connectivity index (χ0) is 12.3. The van der Waals surface area contributed by atoms with Crippen molar-refractivity contribution in [2.45, 2.75) is 13.3 Å². The van der Waals surface area contributed by atoms with Crippen molar-refractivity contribution < 1.29 is 0 Å². The molecule has 18 heavy (non-hydrogen) atoms. The first-order chi connectivity index (χ1) is 8.20. The summed E-state index contributed by atoms with van der Waals surface area (Å²) in [5, 5.41) is 1.32. The average molecular weight is 304 g/mol. The first kappa shape index (κ1) is 15.1. The SMILES string of the molecule is CC/C(=C\n1ccnc1)c1ccc(Cl)cc1Cl.Cl. The van der Waals surface area contributed by atoms with Crippen LogP contribution in [0.15, 0.2) is 36.9 Å². The first-order valence-electron chi connectivity index (χ1n) is 5.34. The molecule has 0 radical (unpaired) electrons. The Labute approximate surface area is 123 Å². The molecular formula is C13H13Cl3N2. The number of rotatable bonds is 3. The van der Waals surface area contributed by atoms with Gasteiger partial charge in [-0.15, -0.1) is 12.4 Å². The molecule has 0 atom stereocenters. The molecule has 1 aromatic carbocycles. The highest BCUT2D eigenvalue weighted by Gasteiger charge is 2.05. The maximum absolute atomic E-state index is 6.19. The quantitative estimate of drug-likeness (QED) is 0.778. The number of allylic oxidation sites excluding steroid dienone is 1. The number of halogens is 3. The molecule has 0 unspecified atom stereocenters. The fourth-order valence-corrected chi connectivity index (χ4v) is 2.16. The Bertz CT molecular complexity index is 533. The summed E-state index contributed by atoms with van der Waals surface area (Å²) in [6, 6.07) is 5.55. The summed E-state index contributed by atoms with van der Waals surface area (Å²) in [6.07, 6.45) is 8.29. The molecule has 0 aliphatic rings. The molecule has 5 heteroatoms. The molecule has 0 aliphatic heterocycles. The van der Waals surface area contributed by atoms with Crippen LogP contribution < -0.4 is 0 Å². The Kier molecular flexibility index (Phi) is 5.73. The van der Waals surface area contributed by atoms with Gasteiger partial charge in [-0.2, -0.15) is 0 Å². The van der Waals surface area contributed by atoms with Crippen LogP contribution >= 0.6 is 35.6 Å². The van der Waals surface area contributed by atoms with Crippen LogP contribution in [-0.2, 0) is 0 Å². The van der Waals surface area contributed by atoms with E-state index in [0.29, 0.717) is 10.0 Å². The van der Waals surface area contributed by atoms with Crippen LogP contribution in [-0.4, -0.2) is 9.55 Å². The van der Waals surface area contributed by atoms with Gasteiger partial charge >= 0.3 is 0 Å². The Hall–Kier alpha value is -0.960. The fourth-order valence-electron chi connectivity index (χ4n) is 1.63. The van der Waals surface area contributed by atoms with Gasteiger partial charge in [0.1, 0.15) is 0 Å². The summed E-state index contributed by atoms with van der Waals surface area (Å²) in [5.74, 6) is 0. The van der Waals surface area contributed by atoms with Crippen molar-refractivity contribution in [3.05, 3.63) is 52.5 Å². The normalized spacial score (nSPS) is 11.2. The van der Waals surface area contributed by atoms with Crippen molar-refractivity contribution in [2.75, 3.05) is 0 Å². The number of benzene rings is 1. The van der Waals surface area contributed by atoms with Gasteiger partial charge in [0.05, 0.1) is 6.33 Å². The zero-order valence-corrected chi connectivity index (χ0v) is 12.1. The van der Waals surface area contributed by atoms with Crippen LogP contribution in [0.2, 0.25) is 10.0 Å². The molecule has 2 rings (SSSR count). The standard InChI is InChI=1S/C13H12Cl2N2.ClH/c1-2-10(8-17-6-5-16-9-17)12-4-3-11(14)7-13(12)15;/h3-9H,2H2,1H3;1H/b10-8+;. The summed E-state index contributed by atoms with van der Waals surface area (Å²) in [4.78, 5) is 4.00. The number of nitrogens with zero attached hydrogens (tertiary/aromatic N) is 2. The number of hydrogen-bond donors (Lipinski definition) is 0. The molecular weight excluding hydrogens is 291 g/mol. The Morgan fingerprint density at radius 1 is 1.39 bits per heavy atom. The van der Waals surface area contributed by atoms with E-state index in [1.807, 2.05) is 29.1 Å². The van der Waals surface area contributed by atoms with Crippen molar-refractivity contribution in [3.8, 4) is 0 Å². The van der Waals surface area contributed by atoms with E-state index in [1.54, 1.807) is 18.6 Å². The molecule has 0 N–H and O–H groups in total. The molecule has 0 bridgehead atoms. The third-order valence-electron chi connectivity index (χ3n) is 2.49. The van der Waals surface area contributed by atoms with E-state index in [0.717, 1.165) is 17.6 Å².